The number of hydrogen-bond acceptors (Lipinski definition) is 5. The minimum absolute atomic E-state index is 0.229. The molecule has 0 unspecified atom stereocenters. The van der Waals surface area contributed by atoms with Crippen LogP contribution in [0.15, 0.2) is 48.7 Å². The van der Waals surface area contributed by atoms with Crippen LogP contribution < -0.4 is 0 Å². The number of aromatic amines is 1. The van der Waals surface area contributed by atoms with Crippen LogP contribution in [0, 0.1) is 11.3 Å². The van der Waals surface area contributed by atoms with Crippen LogP contribution >= 0.6 is 0 Å². The molecule has 0 saturated carbocycles. The summed E-state index contributed by atoms with van der Waals surface area (Å²) in [5.41, 5.74) is 7.23. The molecular weight excluding hydrogens is 468 g/mol. The molecule has 1 fully saturated rings. The highest BCUT2D eigenvalue weighted by Gasteiger charge is 2.24. The van der Waals surface area contributed by atoms with Gasteiger partial charge in [0.25, 0.3) is 0 Å². The highest BCUT2D eigenvalue weighted by molar-refractivity contribution is 7.90. The van der Waals surface area contributed by atoms with Gasteiger partial charge in [-0.25, -0.2) is 8.42 Å². The molecule has 0 atom stereocenters. The van der Waals surface area contributed by atoms with Crippen molar-refractivity contribution in [2.45, 2.75) is 38.5 Å². The Labute approximate surface area is 212 Å². The summed E-state index contributed by atoms with van der Waals surface area (Å²) >= 11 is 0. The van der Waals surface area contributed by atoms with E-state index in [2.05, 4.69) is 53.0 Å². The number of nitrogens with one attached hydrogen (secondary N) is 1. The lowest BCUT2D eigenvalue weighted by Crippen LogP contribution is -2.36. The van der Waals surface area contributed by atoms with Gasteiger partial charge in [-0.05, 0) is 73.2 Å². The number of aromatic nitrogens is 2. The Kier molecular flexibility index (Phi) is 6.59. The number of benzene rings is 2. The molecule has 2 aromatic heterocycles. The average Bonchev–Trinajstić information content (AvgIpc) is 3.25. The Morgan fingerprint density at radius 2 is 1.92 bits per heavy atom. The van der Waals surface area contributed by atoms with E-state index in [4.69, 9.17) is 0 Å². The molecule has 1 aliphatic rings. The van der Waals surface area contributed by atoms with Crippen molar-refractivity contribution in [2.24, 2.45) is 0 Å². The number of nitriles is 1. The van der Waals surface area contributed by atoms with Crippen LogP contribution in [0.3, 0.4) is 0 Å². The minimum atomic E-state index is -2.93. The number of pyridine rings is 1. The van der Waals surface area contributed by atoms with Gasteiger partial charge in [-0.3, -0.25) is 4.98 Å². The predicted molar refractivity (Wildman–Crippen MR) is 146 cm³/mol. The number of likely N-dealkylation sites (tertiary alicyclic amines) is 1. The molecule has 5 rings (SSSR count). The number of nitrogens with zero attached hydrogens (tertiary/aromatic N) is 3. The van der Waals surface area contributed by atoms with Crippen LogP contribution in [0.1, 0.15) is 55.2 Å². The van der Waals surface area contributed by atoms with E-state index in [1.54, 1.807) is 6.20 Å². The van der Waals surface area contributed by atoms with Gasteiger partial charge in [0.2, 0.25) is 0 Å². The van der Waals surface area contributed by atoms with Crippen LogP contribution in [0.2, 0.25) is 0 Å². The third kappa shape index (κ3) is 4.76. The molecule has 36 heavy (non-hydrogen) atoms. The molecule has 0 spiro atoms. The van der Waals surface area contributed by atoms with E-state index in [0.717, 1.165) is 53.6 Å². The maximum absolute atomic E-state index is 11.5. The van der Waals surface area contributed by atoms with Gasteiger partial charge in [0.1, 0.15) is 15.9 Å². The maximum Gasteiger partial charge on any atom is 0.148 e. The molecule has 0 bridgehead atoms. The van der Waals surface area contributed by atoms with Gasteiger partial charge in [0.15, 0.2) is 0 Å². The lowest BCUT2D eigenvalue weighted by atomic mass is 9.87. The van der Waals surface area contributed by atoms with E-state index in [1.165, 1.54) is 22.8 Å². The highest BCUT2D eigenvalue weighted by atomic mass is 32.2. The van der Waals surface area contributed by atoms with Gasteiger partial charge in [-0.1, -0.05) is 32.0 Å². The number of fused-ring (bicyclic) bond motifs is 2. The molecule has 6 nitrogen and oxygen atoms in total. The van der Waals surface area contributed by atoms with Gasteiger partial charge in [0.05, 0.1) is 22.5 Å². The van der Waals surface area contributed by atoms with Gasteiger partial charge < -0.3 is 9.88 Å². The van der Waals surface area contributed by atoms with Crippen molar-refractivity contribution in [3.05, 3.63) is 65.4 Å². The molecule has 1 saturated heterocycles. The quantitative estimate of drug-likeness (QED) is 0.372. The van der Waals surface area contributed by atoms with Crippen molar-refractivity contribution >= 4 is 31.6 Å². The first-order valence-corrected chi connectivity index (χ1v) is 14.6. The fourth-order valence-electron chi connectivity index (χ4n) is 5.56. The Morgan fingerprint density at radius 1 is 1.14 bits per heavy atom. The van der Waals surface area contributed by atoms with E-state index in [0.29, 0.717) is 23.9 Å². The van der Waals surface area contributed by atoms with Gasteiger partial charge >= 0.3 is 0 Å². The molecule has 0 amide bonds. The highest BCUT2D eigenvalue weighted by Crippen LogP contribution is 2.40. The fraction of sp³-hybridized carbons (Fsp3) is 0.379. The van der Waals surface area contributed by atoms with E-state index < -0.39 is 9.84 Å². The van der Waals surface area contributed by atoms with E-state index in [9.17, 15) is 13.7 Å². The molecular formula is C29H32N4O2S. The third-order valence-corrected chi connectivity index (χ3v) is 8.36. The number of rotatable bonds is 6. The van der Waals surface area contributed by atoms with Crippen molar-refractivity contribution < 1.29 is 8.42 Å². The van der Waals surface area contributed by atoms with Crippen LogP contribution in [-0.2, 0) is 9.84 Å². The molecule has 3 heterocycles. The SMILES string of the molecule is CC(C)c1c(-c2ccc(C#N)c3ncccc23)[nH]c2ccc(C3CCN(CCS(C)(=O)=O)CC3)cc12. The zero-order valence-electron chi connectivity index (χ0n) is 21.1. The first kappa shape index (κ1) is 24.5. The summed E-state index contributed by atoms with van der Waals surface area (Å²) in [5, 5.41) is 11.8. The Morgan fingerprint density at radius 3 is 2.61 bits per heavy atom. The fourth-order valence-corrected chi connectivity index (χ4v) is 6.15. The number of H-pyrrole nitrogens is 1. The van der Waals surface area contributed by atoms with Gasteiger partial charge in [0, 0.05) is 40.8 Å². The maximum atomic E-state index is 11.5. The van der Waals surface area contributed by atoms with Crippen LogP contribution in [0.5, 0.6) is 0 Å². The van der Waals surface area contributed by atoms with E-state index in [1.807, 2.05) is 24.3 Å². The lowest BCUT2D eigenvalue weighted by Gasteiger charge is -2.32. The largest absolute Gasteiger partial charge is 0.354 e. The molecule has 1 N–H and O–H groups in total. The number of hydrogen-bond donors (Lipinski definition) is 1. The van der Waals surface area contributed by atoms with Crippen LogP contribution in [-0.4, -0.2) is 54.9 Å². The van der Waals surface area contributed by atoms with Crippen molar-refractivity contribution in [1.82, 2.24) is 14.9 Å². The summed E-state index contributed by atoms with van der Waals surface area (Å²) in [5.74, 6) is 1.01. The smallest absolute Gasteiger partial charge is 0.148 e. The third-order valence-electron chi connectivity index (χ3n) is 7.44. The summed E-state index contributed by atoms with van der Waals surface area (Å²) in [7, 11) is -2.93. The summed E-state index contributed by atoms with van der Waals surface area (Å²) in [6.07, 6.45) is 5.12. The zero-order chi connectivity index (χ0) is 25.4. The summed E-state index contributed by atoms with van der Waals surface area (Å²) < 4.78 is 23.1. The normalized spacial score (nSPS) is 15.6. The van der Waals surface area contributed by atoms with Crippen molar-refractivity contribution in [3.8, 4) is 17.3 Å². The van der Waals surface area contributed by atoms with Crippen LogP contribution in [0.25, 0.3) is 33.1 Å². The molecule has 1 aliphatic heterocycles. The average molecular weight is 501 g/mol. The van der Waals surface area contributed by atoms with Crippen LogP contribution in [0.4, 0.5) is 0 Å². The number of piperidine rings is 1. The predicted octanol–water partition coefficient (Wildman–Crippen LogP) is 5.60. The molecule has 0 aliphatic carbocycles. The Balaban J connectivity index is 1.50. The molecule has 4 aromatic rings. The Hall–Kier alpha value is -3.21. The minimum Gasteiger partial charge on any atom is -0.354 e. The van der Waals surface area contributed by atoms with Gasteiger partial charge in [-0.15, -0.1) is 0 Å². The second-order valence-electron chi connectivity index (χ2n) is 10.3. The standard InChI is InChI=1S/C29H32N4O2S/c1-19(2)27-25-17-21(20-10-13-33(14-11-20)15-16-36(3,34)35)7-9-26(25)32-29(27)24-8-6-22(18-30)28-23(24)5-4-12-31-28/h4-9,12,17,19-20,32H,10-11,13-16H2,1-3H3. The summed E-state index contributed by atoms with van der Waals surface area (Å²) in [6.45, 7) is 6.93. The van der Waals surface area contributed by atoms with Gasteiger partial charge in [-0.2, -0.15) is 5.26 Å². The lowest BCUT2D eigenvalue weighted by molar-refractivity contribution is 0.223. The molecule has 2 aromatic carbocycles. The monoisotopic (exact) mass is 500 g/mol. The van der Waals surface area contributed by atoms with E-state index in [-0.39, 0.29) is 5.75 Å². The topological polar surface area (TPSA) is 89.8 Å². The summed E-state index contributed by atoms with van der Waals surface area (Å²) in [6, 6.07) is 16.9. The second kappa shape index (κ2) is 9.68. The zero-order valence-corrected chi connectivity index (χ0v) is 21.9. The molecule has 186 valence electrons. The first-order valence-electron chi connectivity index (χ1n) is 12.6. The van der Waals surface area contributed by atoms with E-state index >= 15 is 0 Å². The number of sulfone groups is 1. The van der Waals surface area contributed by atoms with Crippen molar-refractivity contribution in [3.63, 3.8) is 0 Å². The first-order chi connectivity index (χ1) is 17.2. The molecule has 0 radical (unpaired) electrons. The van der Waals surface area contributed by atoms with Crippen molar-refractivity contribution in [1.29, 1.82) is 5.26 Å². The van der Waals surface area contributed by atoms with Crippen molar-refractivity contribution in [2.75, 3.05) is 31.6 Å². The molecule has 7 heteroatoms. The summed E-state index contributed by atoms with van der Waals surface area (Å²) in [4.78, 5) is 10.5. The second-order valence-corrected chi connectivity index (χ2v) is 12.6. The Bertz CT molecular complexity index is 1570.